The number of amides is 1. The number of allylic oxidation sites excluding steroid dienone is 1. The van der Waals surface area contributed by atoms with Crippen LogP contribution in [0.15, 0.2) is 36.4 Å². The summed E-state index contributed by atoms with van der Waals surface area (Å²) in [7, 11) is 1.25. The number of methoxy groups -OCH3 is 1. The molecule has 0 spiro atoms. The highest BCUT2D eigenvalue weighted by atomic mass is 16.5. The van der Waals surface area contributed by atoms with E-state index in [2.05, 4.69) is 0 Å². The van der Waals surface area contributed by atoms with Gasteiger partial charge in [0.05, 0.1) is 26.2 Å². The van der Waals surface area contributed by atoms with E-state index in [1.165, 1.54) is 12.0 Å². The number of hydrogen-bond acceptors (Lipinski definition) is 5. The number of ether oxygens (including phenoxy) is 2. The van der Waals surface area contributed by atoms with Crippen LogP contribution in [-0.2, 0) is 19.1 Å². The average molecular weight is 333 g/mol. The fourth-order valence-electron chi connectivity index (χ4n) is 2.56. The Balaban J connectivity index is 2.02. The number of aliphatic hydroxyl groups excluding tert-OH is 1. The fraction of sp³-hybridized carbons (Fsp3) is 0.444. The minimum absolute atomic E-state index is 0.221. The van der Waals surface area contributed by atoms with Crippen molar-refractivity contribution in [3.63, 3.8) is 0 Å². The Labute approximate surface area is 141 Å². The van der Waals surface area contributed by atoms with Crippen LogP contribution in [0.3, 0.4) is 0 Å². The molecule has 6 heteroatoms. The van der Waals surface area contributed by atoms with Gasteiger partial charge in [-0.15, -0.1) is 0 Å². The maximum absolute atomic E-state index is 12.4. The van der Waals surface area contributed by atoms with Gasteiger partial charge in [-0.2, -0.15) is 0 Å². The quantitative estimate of drug-likeness (QED) is 0.789. The first-order chi connectivity index (χ1) is 11.6. The van der Waals surface area contributed by atoms with E-state index in [4.69, 9.17) is 9.47 Å². The molecule has 2 atom stereocenters. The lowest BCUT2D eigenvalue weighted by Gasteiger charge is -2.30. The molecular weight excluding hydrogens is 310 g/mol. The number of aliphatic hydroxyl groups is 1. The number of carbonyl (C=O) groups excluding carboxylic acids is 2. The topological polar surface area (TPSA) is 76.1 Å². The van der Waals surface area contributed by atoms with Gasteiger partial charge < -0.3 is 19.5 Å². The van der Waals surface area contributed by atoms with Gasteiger partial charge in [-0.05, 0) is 12.0 Å². The molecule has 24 heavy (non-hydrogen) atoms. The molecule has 1 aliphatic heterocycles. The Bertz CT molecular complexity index is 566. The van der Waals surface area contributed by atoms with Crippen LogP contribution < -0.4 is 0 Å². The molecule has 1 heterocycles. The van der Waals surface area contributed by atoms with Crippen LogP contribution in [0.4, 0.5) is 0 Å². The summed E-state index contributed by atoms with van der Waals surface area (Å²) in [5.41, 5.74) is 0.982. The molecule has 1 aromatic carbocycles. The molecule has 0 aromatic heterocycles. The van der Waals surface area contributed by atoms with Crippen molar-refractivity contribution in [1.82, 2.24) is 4.90 Å². The van der Waals surface area contributed by atoms with E-state index in [1.54, 1.807) is 6.08 Å². The van der Waals surface area contributed by atoms with E-state index in [0.29, 0.717) is 26.3 Å². The van der Waals surface area contributed by atoms with Gasteiger partial charge in [-0.3, -0.25) is 9.59 Å². The van der Waals surface area contributed by atoms with E-state index in [9.17, 15) is 14.7 Å². The number of esters is 1. The van der Waals surface area contributed by atoms with E-state index in [1.807, 2.05) is 36.4 Å². The van der Waals surface area contributed by atoms with Gasteiger partial charge in [0.25, 0.3) is 5.91 Å². The fourth-order valence-corrected chi connectivity index (χ4v) is 2.56. The smallest absolute Gasteiger partial charge is 0.312 e. The summed E-state index contributed by atoms with van der Waals surface area (Å²) in [5.74, 6) is -1.98. The number of nitrogens with zero attached hydrogens (tertiary/aromatic N) is 1. The zero-order valence-corrected chi connectivity index (χ0v) is 13.8. The highest BCUT2D eigenvalue weighted by Crippen LogP contribution is 2.17. The largest absolute Gasteiger partial charge is 0.469 e. The van der Waals surface area contributed by atoms with Crippen LogP contribution in [0.5, 0.6) is 0 Å². The van der Waals surface area contributed by atoms with E-state index >= 15 is 0 Å². The van der Waals surface area contributed by atoms with Gasteiger partial charge in [0, 0.05) is 13.1 Å². The SMILES string of the molecule is COC(=O)[C@H](C/C=C/c1ccccc1)[C@H](O)C(=O)N1CCOCC1. The van der Waals surface area contributed by atoms with Gasteiger partial charge in [0.15, 0.2) is 0 Å². The number of benzene rings is 1. The van der Waals surface area contributed by atoms with Gasteiger partial charge in [0.2, 0.25) is 0 Å². The van der Waals surface area contributed by atoms with E-state index in [-0.39, 0.29) is 6.42 Å². The molecule has 0 radical (unpaired) electrons. The average Bonchev–Trinajstić information content (AvgIpc) is 2.65. The normalized spacial score (nSPS) is 17.5. The predicted octanol–water partition coefficient (Wildman–Crippen LogP) is 1.10. The Kier molecular flexibility index (Phi) is 6.96. The van der Waals surface area contributed by atoms with Crippen molar-refractivity contribution in [3.05, 3.63) is 42.0 Å². The van der Waals surface area contributed by atoms with Crippen molar-refractivity contribution in [2.24, 2.45) is 5.92 Å². The van der Waals surface area contributed by atoms with Crippen molar-refractivity contribution in [3.8, 4) is 0 Å². The molecule has 2 rings (SSSR count). The predicted molar refractivity (Wildman–Crippen MR) is 89.0 cm³/mol. The molecule has 0 bridgehead atoms. The van der Waals surface area contributed by atoms with Gasteiger partial charge in [0.1, 0.15) is 6.10 Å². The second-order valence-electron chi connectivity index (χ2n) is 5.56. The third-order valence-electron chi connectivity index (χ3n) is 3.96. The van der Waals surface area contributed by atoms with Crippen LogP contribution in [0.25, 0.3) is 6.08 Å². The molecule has 1 aliphatic rings. The number of hydrogen-bond donors (Lipinski definition) is 1. The van der Waals surface area contributed by atoms with Crippen molar-refractivity contribution in [1.29, 1.82) is 0 Å². The summed E-state index contributed by atoms with van der Waals surface area (Å²) in [5, 5.41) is 10.4. The standard InChI is InChI=1S/C18H23NO5/c1-23-18(22)15(9-5-8-14-6-3-2-4-7-14)16(20)17(21)19-10-12-24-13-11-19/h2-8,15-16,20H,9-13H2,1H3/b8-5+/t15-,16+/m1/s1. The highest BCUT2D eigenvalue weighted by molar-refractivity contribution is 5.87. The highest BCUT2D eigenvalue weighted by Gasteiger charge is 2.35. The molecule has 0 unspecified atom stereocenters. The van der Waals surface area contributed by atoms with Gasteiger partial charge in [-0.1, -0.05) is 42.5 Å². The molecule has 0 aliphatic carbocycles. The first-order valence-corrected chi connectivity index (χ1v) is 7.97. The molecule has 0 saturated carbocycles. The summed E-state index contributed by atoms with van der Waals surface area (Å²) < 4.78 is 9.94. The molecule has 130 valence electrons. The molecule has 1 amide bonds. The first-order valence-electron chi connectivity index (χ1n) is 7.97. The third kappa shape index (κ3) is 4.91. The van der Waals surface area contributed by atoms with Crippen LogP contribution in [0.2, 0.25) is 0 Å². The second kappa shape index (κ2) is 9.20. The number of morpholine rings is 1. The van der Waals surface area contributed by atoms with Crippen molar-refractivity contribution < 1.29 is 24.2 Å². The third-order valence-corrected chi connectivity index (χ3v) is 3.96. The number of rotatable bonds is 6. The zero-order valence-electron chi connectivity index (χ0n) is 13.8. The molecule has 1 N–H and O–H groups in total. The Morgan fingerprint density at radius 2 is 1.96 bits per heavy atom. The monoisotopic (exact) mass is 333 g/mol. The first kappa shape index (κ1) is 18.2. The molecular formula is C18H23NO5. The van der Waals surface area contributed by atoms with Gasteiger partial charge >= 0.3 is 5.97 Å². The second-order valence-corrected chi connectivity index (χ2v) is 5.56. The lowest BCUT2D eigenvalue weighted by Crippen LogP contribution is -2.49. The molecule has 1 saturated heterocycles. The van der Waals surface area contributed by atoms with Crippen LogP contribution >= 0.6 is 0 Å². The minimum Gasteiger partial charge on any atom is -0.469 e. The van der Waals surface area contributed by atoms with Crippen molar-refractivity contribution in [2.75, 3.05) is 33.4 Å². The van der Waals surface area contributed by atoms with Crippen LogP contribution in [0, 0.1) is 5.92 Å². The molecule has 1 fully saturated rings. The summed E-state index contributed by atoms with van der Waals surface area (Å²) in [6, 6.07) is 9.60. The Morgan fingerprint density at radius 1 is 1.29 bits per heavy atom. The minimum atomic E-state index is -1.42. The summed E-state index contributed by atoms with van der Waals surface area (Å²) in [6.07, 6.45) is 2.42. The van der Waals surface area contributed by atoms with Gasteiger partial charge in [-0.25, -0.2) is 0 Å². The summed E-state index contributed by atoms with van der Waals surface area (Å²) in [4.78, 5) is 25.9. The van der Waals surface area contributed by atoms with Crippen molar-refractivity contribution >= 4 is 18.0 Å². The van der Waals surface area contributed by atoms with Crippen LogP contribution in [-0.4, -0.2) is 61.4 Å². The molecule has 1 aromatic rings. The Morgan fingerprint density at radius 3 is 2.58 bits per heavy atom. The van der Waals surface area contributed by atoms with Crippen molar-refractivity contribution in [2.45, 2.75) is 12.5 Å². The van der Waals surface area contributed by atoms with E-state index < -0.39 is 23.9 Å². The maximum Gasteiger partial charge on any atom is 0.312 e. The van der Waals surface area contributed by atoms with Crippen LogP contribution in [0.1, 0.15) is 12.0 Å². The summed E-state index contributed by atoms with van der Waals surface area (Å²) >= 11 is 0. The zero-order chi connectivity index (χ0) is 17.4. The van der Waals surface area contributed by atoms with E-state index in [0.717, 1.165) is 5.56 Å². The number of carbonyl (C=O) groups is 2. The summed E-state index contributed by atoms with van der Waals surface area (Å²) in [6.45, 7) is 1.72. The maximum atomic E-state index is 12.4. The lowest BCUT2D eigenvalue weighted by molar-refractivity contribution is -0.159. The molecule has 6 nitrogen and oxygen atoms in total. The lowest BCUT2D eigenvalue weighted by atomic mass is 9.96. The Hall–Kier alpha value is -2.18.